The van der Waals surface area contributed by atoms with Gasteiger partial charge in [-0.2, -0.15) is 0 Å². The Bertz CT molecular complexity index is 1100. The normalized spacial score (nSPS) is 18.9. The minimum Gasteiger partial charge on any atom is -0.731 e. The summed E-state index contributed by atoms with van der Waals surface area (Å²) < 4.78 is 35.9. The molecule has 2 aromatic heterocycles. The molecule has 15 nitrogen and oxygen atoms in total. The van der Waals surface area contributed by atoms with Crippen molar-refractivity contribution in [2.24, 2.45) is 12.2 Å². The van der Waals surface area contributed by atoms with Crippen molar-refractivity contribution in [2.45, 2.75) is 17.2 Å². The van der Waals surface area contributed by atoms with E-state index in [1.807, 2.05) is 0 Å². The number of carbonyl (C=O) groups excluding carboxylic acids is 2. The molecule has 0 spiro atoms. The number of nitrogens with two attached hydrogens (primary N) is 1. The number of nitrogens with zero attached hydrogens (tertiary/aromatic N) is 7. The molecule has 0 unspecified atom stereocenters. The fourth-order valence-corrected chi connectivity index (χ4v) is 5.00. The number of nitrogen functional groups attached to an aromatic ring is 1. The van der Waals surface area contributed by atoms with E-state index in [1.54, 1.807) is 7.05 Å². The van der Waals surface area contributed by atoms with Crippen molar-refractivity contribution in [2.75, 3.05) is 18.6 Å². The van der Waals surface area contributed by atoms with Crippen molar-refractivity contribution in [1.29, 1.82) is 0 Å². The first-order valence-electron chi connectivity index (χ1n) is 7.91. The molecule has 0 aromatic carbocycles. The van der Waals surface area contributed by atoms with Crippen LogP contribution in [0.4, 0.5) is 5.13 Å². The van der Waals surface area contributed by atoms with Gasteiger partial charge in [0.05, 0.1) is 6.04 Å². The number of β-lactam (4-membered cyclic amide) rings is 1. The number of hydrogen-bond acceptors (Lipinski definition) is 14. The van der Waals surface area contributed by atoms with E-state index < -0.39 is 34.2 Å². The third kappa shape index (κ3) is 5.51. The van der Waals surface area contributed by atoms with Gasteiger partial charge in [0, 0.05) is 18.2 Å². The Morgan fingerprint density at radius 3 is 2.74 bits per heavy atom. The summed E-state index contributed by atoms with van der Waals surface area (Å²) in [5.74, 6) is -2.01. The largest absolute Gasteiger partial charge is 1.00 e. The van der Waals surface area contributed by atoms with Gasteiger partial charge in [0.25, 0.3) is 11.8 Å². The number of amides is 2. The molecular formula is C12H14N9NaO6S3. The quantitative estimate of drug-likeness (QED) is 0.0870. The van der Waals surface area contributed by atoms with Crippen LogP contribution in [0, 0.1) is 0 Å². The number of aromatic nitrogens is 5. The van der Waals surface area contributed by atoms with Crippen LogP contribution in [0.1, 0.15) is 5.69 Å². The smallest absolute Gasteiger partial charge is 0.731 e. The van der Waals surface area contributed by atoms with Crippen LogP contribution in [0.2, 0.25) is 0 Å². The molecule has 1 saturated heterocycles. The van der Waals surface area contributed by atoms with Crippen molar-refractivity contribution in [1.82, 2.24) is 34.8 Å². The predicted octanol–water partition coefficient (Wildman–Crippen LogP) is -5.45. The molecule has 2 amide bonds. The van der Waals surface area contributed by atoms with E-state index in [4.69, 9.17) is 5.73 Å². The first-order valence-corrected chi connectivity index (χ1v) is 11.1. The van der Waals surface area contributed by atoms with Crippen LogP contribution in [-0.2, 0) is 31.8 Å². The Kier molecular flexibility index (Phi) is 8.36. The number of carbonyl (C=O) groups is 2. The molecule has 0 radical (unpaired) electrons. The molecule has 3 rings (SSSR count). The molecule has 1 aliphatic rings. The summed E-state index contributed by atoms with van der Waals surface area (Å²) in [5.41, 5.74) is 5.39. The fourth-order valence-electron chi connectivity index (χ4n) is 2.52. The van der Waals surface area contributed by atoms with E-state index in [0.29, 0.717) is 5.16 Å². The number of aryl methyl sites for hydroxylation is 1. The zero-order valence-electron chi connectivity index (χ0n) is 16.3. The molecule has 1 aliphatic heterocycles. The minimum atomic E-state index is -5.09. The van der Waals surface area contributed by atoms with Gasteiger partial charge < -0.3 is 20.4 Å². The SMILES string of the molecule is CO/N=C(\C(=O)N[C@H]1C(=O)N(S(=O)(=O)[O-])[C@H]1CSc1nnnn1C)c1csc(N)n1.[Na+]. The van der Waals surface area contributed by atoms with Crippen molar-refractivity contribution >= 4 is 56.1 Å². The number of nitrogens with one attached hydrogen (secondary N) is 1. The third-order valence-corrected chi connectivity index (χ3v) is 6.54. The summed E-state index contributed by atoms with van der Waals surface area (Å²) in [7, 11) is -2.32. The molecule has 2 atom stereocenters. The second-order valence-corrected chi connectivity index (χ2v) is 8.83. The van der Waals surface area contributed by atoms with E-state index in [2.05, 4.69) is 35.8 Å². The van der Waals surface area contributed by atoms with Crippen LogP contribution in [-0.4, -0.2) is 84.9 Å². The number of hydrogen-bond donors (Lipinski definition) is 2. The summed E-state index contributed by atoms with van der Waals surface area (Å²) in [6.45, 7) is 0. The summed E-state index contributed by atoms with van der Waals surface area (Å²) >= 11 is 2.06. The second-order valence-electron chi connectivity index (χ2n) is 5.70. The number of rotatable bonds is 8. The topological polar surface area (TPSA) is 211 Å². The number of anilines is 1. The van der Waals surface area contributed by atoms with Crippen LogP contribution < -0.4 is 40.6 Å². The average molecular weight is 499 g/mol. The summed E-state index contributed by atoms with van der Waals surface area (Å²) in [4.78, 5) is 33.5. The Hall–Kier alpha value is -1.83. The van der Waals surface area contributed by atoms with Crippen LogP contribution in [0.25, 0.3) is 0 Å². The average Bonchev–Trinajstić information content (AvgIpc) is 3.27. The van der Waals surface area contributed by atoms with Gasteiger partial charge in [0.2, 0.25) is 5.16 Å². The standard InChI is InChI=1S/C12H15N9O6S3.Na/c1-20-12(16-18-19-20)29-4-6-8(10(23)21(6)30(24,25)26)15-9(22)7(17-27-2)5-3-28-11(13)14-5;/h3,6,8H,4H2,1-2H3,(H2,13,14)(H,15,22)(H,24,25,26);/q;+1/p-1/b17-7-;/t6-,8+;/m0./s1. The van der Waals surface area contributed by atoms with E-state index in [-0.39, 0.29) is 56.2 Å². The molecule has 19 heteroatoms. The van der Waals surface area contributed by atoms with E-state index in [1.165, 1.54) is 17.2 Å². The zero-order valence-corrected chi connectivity index (χ0v) is 20.8. The van der Waals surface area contributed by atoms with Crippen molar-refractivity contribution in [3.8, 4) is 0 Å². The summed E-state index contributed by atoms with van der Waals surface area (Å²) in [5, 5.41) is 18.7. The van der Waals surface area contributed by atoms with Gasteiger partial charge in [-0.15, -0.1) is 16.4 Å². The third-order valence-electron chi connectivity index (χ3n) is 3.82. The molecule has 1 fully saturated rings. The predicted molar refractivity (Wildman–Crippen MR) is 102 cm³/mol. The molecule has 0 aliphatic carbocycles. The Morgan fingerprint density at radius 1 is 1.52 bits per heavy atom. The van der Waals surface area contributed by atoms with E-state index in [0.717, 1.165) is 23.1 Å². The number of oxime groups is 1. The molecular weight excluding hydrogens is 485 g/mol. The molecule has 3 heterocycles. The van der Waals surface area contributed by atoms with Crippen LogP contribution in [0.5, 0.6) is 0 Å². The van der Waals surface area contributed by atoms with Gasteiger partial charge in [0.1, 0.15) is 18.8 Å². The maximum atomic E-state index is 12.6. The summed E-state index contributed by atoms with van der Waals surface area (Å²) in [6, 6.07) is -2.46. The van der Waals surface area contributed by atoms with Crippen LogP contribution in [0.15, 0.2) is 15.7 Å². The van der Waals surface area contributed by atoms with Gasteiger partial charge in [-0.3, -0.25) is 9.59 Å². The van der Waals surface area contributed by atoms with Crippen molar-refractivity contribution < 1.29 is 57.0 Å². The molecule has 162 valence electrons. The van der Waals surface area contributed by atoms with Crippen LogP contribution >= 0.6 is 23.1 Å². The van der Waals surface area contributed by atoms with Gasteiger partial charge in [-0.1, -0.05) is 16.9 Å². The number of thioether (sulfide) groups is 1. The number of thiazole rings is 1. The zero-order chi connectivity index (χ0) is 22.1. The first-order chi connectivity index (χ1) is 14.1. The van der Waals surface area contributed by atoms with Gasteiger partial charge in [0.15, 0.2) is 21.1 Å². The Morgan fingerprint density at radius 2 is 2.23 bits per heavy atom. The van der Waals surface area contributed by atoms with Gasteiger partial charge in [-0.05, 0) is 10.4 Å². The van der Waals surface area contributed by atoms with E-state index in [9.17, 15) is 22.6 Å². The minimum absolute atomic E-state index is 0. The molecule has 0 bridgehead atoms. The molecule has 3 N–H and O–H groups in total. The van der Waals surface area contributed by atoms with Crippen molar-refractivity contribution in [3.05, 3.63) is 11.1 Å². The maximum absolute atomic E-state index is 12.6. The fraction of sp³-hybridized carbons (Fsp3) is 0.417. The Balaban J connectivity index is 0.00000341. The maximum Gasteiger partial charge on any atom is 1.00 e. The summed E-state index contributed by atoms with van der Waals surface area (Å²) in [6.07, 6.45) is 0. The number of tetrazole rings is 1. The van der Waals surface area contributed by atoms with Crippen molar-refractivity contribution in [3.63, 3.8) is 0 Å². The van der Waals surface area contributed by atoms with Crippen LogP contribution in [0.3, 0.4) is 0 Å². The van der Waals surface area contributed by atoms with Gasteiger partial charge >= 0.3 is 29.6 Å². The monoisotopic (exact) mass is 499 g/mol. The van der Waals surface area contributed by atoms with E-state index >= 15 is 0 Å². The molecule has 2 aromatic rings. The Labute approximate surface area is 205 Å². The second kappa shape index (κ2) is 10.2. The van der Waals surface area contributed by atoms with Gasteiger partial charge in [-0.25, -0.2) is 22.4 Å². The molecule has 31 heavy (non-hydrogen) atoms. The molecule has 0 saturated carbocycles. The first kappa shape index (κ1) is 25.4.